The summed E-state index contributed by atoms with van der Waals surface area (Å²) in [5.74, 6) is 0.759. The van der Waals surface area contributed by atoms with Crippen LogP contribution < -0.4 is 10.2 Å². The van der Waals surface area contributed by atoms with Gasteiger partial charge in [0, 0.05) is 69.4 Å². The minimum absolute atomic E-state index is 0.0820. The third-order valence-corrected chi connectivity index (χ3v) is 8.51. The number of fused-ring (bicyclic) bond motifs is 1. The molecule has 1 aliphatic carbocycles. The minimum atomic E-state index is -1.04. The molecular weight excluding hydrogens is 507 g/mol. The van der Waals surface area contributed by atoms with Gasteiger partial charge in [-0.25, -0.2) is 14.4 Å². The lowest BCUT2D eigenvalue weighted by molar-refractivity contribution is -0.133. The van der Waals surface area contributed by atoms with Crippen molar-refractivity contribution in [1.29, 1.82) is 0 Å². The van der Waals surface area contributed by atoms with Crippen LogP contribution in [-0.2, 0) is 9.59 Å². The maximum absolute atomic E-state index is 14.4. The van der Waals surface area contributed by atoms with Gasteiger partial charge in [-0.15, -0.1) is 0 Å². The number of likely N-dealkylation sites (tertiary alicyclic amines) is 1. The Labute approximate surface area is 228 Å². The van der Waals surface area contributed by atoms with E-state index in [4.69, 9.17) is 11.6 Å². The number of benzene rings is 1. The van der Waals surface area contributed by atoms with Gasteiger partial charge < -0.3 is 20.0 Å². The maximum Gasteiger partial charge on any atom is 0.231 e. The molecule has 2 fully saturated rings. The number of nitrogens with one attached hydrogen (secondary N) is 1. The number of nitrogens with zero attached hydrogens (tertiary/aromatic N) is 5. The quantitative estimate of drug-likeness (QED) is 0.600. The first-order valence-electron chi connectivity index (χ1n) is 13.6. The lowest BCUT2D eigenvalue weighted by Crippen LogP contribution is -2.52. The molecule has 8 nitrogen and oxygen atoms in total. The second kappa shape index (κ2) is 11.5. The van der Waals surface area contributed by atoms with E-state index in [1.807, 2.05) is 41.0 Å². The second-order valence-corrected chi connectivity index (χ2v) is 11.1. The predicted molar refractivity (Wildman–Crippen MR) is 145 cm³/mol. The fourth-order valence-electron chi connectivity index (χ4n) is 6.00. The van der Waals surface area contributed by atoms with Crippen LogP contribution in [0.3, 0.4) is 0 Å². The van der Waals surface area contributed by atoms with Gasteiger partial charge in [0.15, 0.2) is 0 Å². The van der Waals surface area contributed by atoms with E-state index in [2.05, 4.69) is 20.2 Å². The summed E-state index contributed by atoms with van der Waals surface area (Å²) in [4.78, 5) is 40.2. The number of halogens is 2. The zero-order chi connectivity index (χ0) is 26.8. The van der Waals surface area contributed by atoms with Crippen molar-refractivity contribution in [2.24, 2.45) is 0 Å². The van der Waals surface area contributed by atoms with E-state index in [1.165, 1.54) is 6.33 Å². The van der Waals surface area contributed by atoms with Gasteiger partial charge in [-0.3, -0.25) is 9.59 Å². The number of alkyl halides is 1. The molecule has 2 saturated heterocycles. The topological polar surface area (TPSA) is 81.7 Å². The van der Waals surface area contributed by atoms with Crippen LogP contribution in [0.1, 0.15) is 67.9 Å². The standard InChI is InChI=1S/C28H36ClFN6O2/c1-18-15-24(30)26-25(18)27(33-17-32-26)35-11-13-36(14-12-35)28(38)23(20-3-5-21(29)6-4-20)16-31-22-7-9-34(10-8-22)19(2)37/h3-6,17-18,22-24,31H,7-16H2,1-2H3/t18-,23?,24+/m1/s1. The number of aromatic nitrogens is 2. The van der Waals surface area contributed by atoms with Gasteiger partial charge in [0.05, 0.1) is 11.6 Å². The summed E-state index contributed by atoms with van der Waals surface area (Å²) in [6.07, 6.45) is 2.62. The Bertz CT molecular complexity index is 1150. The van der Waals surface area contributed by atoms with Crippen molar-refractivity contribution in [1.82, 2.24) is 25.1 Å². The number of rotatable bonds is 6. The summed E-state index contributed by atoms with van der Waals surface area (Å²) in [5.41, 5.74) is 2.37. The van der Waals surface area contributed by atoms with Crippen molar-refractivity contribution in [3.8, 4) is 0 Å². The first kappa shape index (κ1) is 26.8. The van der Waals surface area contributed by atoms with Gasteiger partial charge in [0.2, 0.25) is 11.8 Å². The second-order valence-electron chi connectivity index (χ2n) is 10.7. The average molecular weight is 543 g/mol. The molecule has 2 amide bonds. The molecule has 3 heterocycles. The molecule has 2 aliphatic heterocycles. The number of hydrogen-bond acceptors (Lipinski definition) is 6. The number of piperidine rings is 1. The van der Waals surface area contributed by atoms with Crippen LogP contribution in [0.4, 0.5) is 10.2 Å². The van der Waals surface area contributed by atoms with Crippen molar-refractivity contribution in [3.05, 3.63) is 52.4 Å². The normalized spacial score (nSPS) is 22.9. The van der Waals surface area contributed by atoms with Crippen LogP contribution in [0.5, 0.6) is 0 Å². The fraction of sp³-hybridized carbons (Fsp3) is 0.571. The Hall–Kier alpha value is -2.78. The highest BCUT2D eigenvalue weighted by Gasteiger charge is 2.36. The summed E-state index contributed by atoms with van der Waals surface area (Å²) in [7, 11) is 0. The molecule has 0 saturated carbocycles. The van der Waals surface area contributed by atoms with Crippen LogP contribution >= 0.6 is 11.6 Å². The van der Waals surface area contributed by atoms with E-state index in [9.17, 15) is 14.0 Å². The van der Waals surface area contributed by atoms with Crippen LogP contribution in [0.25, 0.3) is 0 Å². The van der Waals surface area contributed by atoms with Crippen LogP contribution in [0, 0.1) is 0 Å². The van der Waals surface area contributed by atoms with Crippen molar-refractivity contribution in [3.63, 3.8) is 0 Å². The molecule has 10 heteroatoms. The molecule has 204 valence electrons. The van der Waals surface area contributed by atoms with Gasteiger partial charge >= 0.3 is 0 Å². The highest BCUT2D eigenvalue weighted by Crippen LogP contribution is 2.44. The third-order valence-electron chi connectivity index (χ3n) is 8.26. The predicted octanol–water partition coefficient (Wildman–Crippen LogP) is 3.68. The number of anilines is 1. The third kappa shape index (κ3) is 5.64. The highest BCUT2D eigenvalue weighted by molar-refractivity contribution is 6.30. The summed E-state index contributed by atoms with van der Waals surface area (Å²) in [6, 6.07) is 7.79. The molecule has 38 heavy (non-hydrogen) atoms. The maximum atomic E-state index is 14.4. The number of amides is 2. The summed E-state index contributed by atoms with van der Waals surface area (Å²) < 4.78 is 14.4. The molecule has 3 atom stereocenters. The van der Waals surface area contributed by atoms with Crippen LogP contribution in [0.15, 0.2) is 30.6 Å². The number of hydrogen-bond donors (Lipinski definition) is 1. The molecule has 5 rings (SSSR count). The molecule has 1 unspecified atom stereocenters. The van der Waals surface area contributed by atoms with Crippen molar-refractivity contribution in [2.75, 3.05) is 50.7 Å². The van der Waals surface area contributed by atoms with Gasteiger partial charge in [-0.2, -0.15) is 0 Å². The summed E-state index contributed by atoms with van der Waals surface area (Å²) in [6.45, 7) is 8.08. The van der Waals surface area contributed by atoms with Gasteiger partial charge in [0.1, 0.15) is 18.3 Å². The van der Waals surface area contributed by atoms with E-state index >= 15 is 0 Å². The Kier molecular flexibility index (Phi) is 8.14. The van der Waals surface area contributed by atoms with E-state index in [-0.39, 0.29) is 29.7 Å². The van der Waals surface area contributed by atoms with Gasteiger partial charge in [-0.05, 0) is 42.9 Å². The Morgan fingerprint density at radius 1 is 1.05 bits per heavy atom. The van der Waals surface area contributed by atoms with E-state index in [0.717, 1.165) is 42.9 Å². The number of carbonyl (C=O) groups excluding carboxylic acids is 2. The largest absolute Gasteiger partial charge is 0.353 e. The Morgan fingerprint density at radius 3 is 2.39 bits per heavy atom. The zero-order valence-corrected chi connectivity index (χ0v) is 22.8. The van der Waals surface area contributed by atoms with Gasteiger partial charge in [0.25, 0.3) is 0 Å². The van der Waals surface area contributed by atoms with Crippen molar-refractivity contribution < 1.29 is 14.0 Å². The fourth-order valence-corrected chi connectivity index (χ4v) is 6.12. The van der Waals surface area contributed by atoms with E-state index < -0.39 is 6.17 Å². The van der Waals surface area contributed by atoms with Crippen molar-refractivity contribution in [2.45, 2.75) is 57.2 Å². The van der Waals surface area contributed by atoms with E-state index in [1.54, 1.807) is 6.92 Å². The number of carbonyl (C=O) groups is 2. The Morgan fingerprint density at radius 2 is 1.74 bits per heavy atom. The molecule has 0 spiro atoms. The van der Waals surface area contributed by atoms with Gasteiger partial charge in [-0.1, -0.05) is 30.7 Å². The van der Waals surface area contributed by atoms with Crippen molar-refractivity contribution >= 4 is 29.2 Å². The first-order valence-corrected chi connectivity index (χ1v) is 14.0. The average Bonchev–Trinajstić information content (AvgIpc) is 3.23. The molecule has 0 bridgehead atoms. The van der Waals surface area contributed by atoms with Crippen LogP contribution in [-0.4, -0.2) is 83.4 Å². The molecule has 2 aromatic rings. The molecule has 0 radical (unpaired) electrons. The Balaban J connectivity index is 1.25. The molecular formula is C28H36ClFN6O2. The molecule has 1 aromatic heterocycles. The summed E-state index contributed by atoms with van der Waals surface area (Å²) >= 11 is 6.13. The van der Waals surface area contributed by atoms with Crippen LogP contribution in [0.2, 0.25) is 5.02 Å². The monoisotopic (exact) mass is 542 g/mol. The summed E-state index contributed by atoms with van der Waals surface area (Å²) in [5, 5.41) is 4.24. The lowest BCUT2D eigenvalue weighted by Gasteiger charge is -2.38. The number of piperazine rings is 1. The minimum Gasteiger partial charge on any atom is -0.353 e. The van der Waals surface area contributed by atoms with E-state index in [0.29, 0.717) is 49.9 Å². The lowest BCUT2D eigenvalue weighted by atomic mass is 9.95. The zero-order valence-electron chi connectivity index (χ0n) is 22.1. The smallest absolute Gasteiger partial charge is 0.231 e. The molecule has 1 N–H and O–H groups in total. The molecule has 1 aromatic carbocycles. The highest BCUT2D eigenvalue weighted by atomic mass is 35.5. The SMILES string of the molecule is CC(=O)N1CCC(NCC(C(=O)N2CCN(c3ncnc4c3[C@H](C)C[C@@H]4F)CC2)c2ccc(Cl)cc2)CC1. The molecule has 3 aliphatic rings. The first-order chi connectivity index (χ1) is 18.3.